The van der Waals surface area contributed by atoms with Crippen LogP contribution in [0.4, 0.5) is 4.39 Å². The van der Waals surface area contributed by atoms with Crippen molar-refractivity contribution < 1.29 is 9.18 Å². The van der Waals surface area contributed by atoms with Crippen LogP contribution < -0.4 is 0 Å². The van der Waals surface area contributed by atoms with Gasteiger partial charge in [-0.05, 0) is 53.4 Å². The summed E-state index contributed by atoms with van der Waals surface area (Å²) in [6.45, 7) is 2.84. The maximum atomic E-state index is 13.3. The fraction of sp³-hybridized carbons (Fsp3) is 0.500. The fourth-order valence-electron chi connectivity index (χ4n) is 2.54. The molecule has 1 aromatic rings. The molecule has 1 saturated heterocycles. The molecule has 19 heavy (non-hydrogen) atoms. The zero-order valence-electron chi connectivity index (χ0n) is 10.7. The number of alkyl halides is 1. The SMILES string of the molecule is CC(Br)CC1CCCN1C(=O)c1cc(F)ccc1Br. The number of halogens is 3. The Balaban J connectivity index is 2.20. The molecule has 1 aliphatic heterocycles. The number of hydrogen-bond donors (Lipinski definition) is 0. The van der Waals surface area contributed by atoms with Crippen molar-refractivity contribution in [2.24, 2.45) is 0 Å². The number of amides is 1. The lowest BCUT2D eigenvalue weighted by atomic mass is 10.1. The minimum atomic E-state index is -0.379. The van der Waals surface area contributed by atoms with E-state index in [1.54, 1.807) is 6.07 Å². The molecular weight excluding hydrogens is 377 g/mol. The molecule has 5 heteroatoms. The van der Waals surface area contributed by atoms with Gasteiger partial charge in [-0.2, -0.15) is 0 Å². The standard InChI is InChI=1S/C14H16Br2FNO/c1-9(15)7-11-3-2-6-18(11)14(19)12-8-10(17)4-5-13(12)16/h4-5,8-9,11H,2-3,6-7H2,1H3. The van der Waals surface area contributed by atoms with Gasteiger partial charge in [-0.15, -0.1) is 0 Å². The second-order valence-corrected chi connectivity index (χ2v) is 7.35. The van der Waals surface area contributed by atoms with Gasteiger partial charge in [0.05, 0.1) is 5.56 Å². The summed E-state index contributed by atoms with van der Waals surface area (Å²) in [6.07, 6.45) is 2.97. The van der Waals surface area contributed by atoms with Gasteiger partial charge in [0.15, 0.2) is 0 Å². The van der Waals surface area contributed by atoms with Crippen LogP contribution >= 0.6 is 31.9 Å². The molecule has 1 amide bonds. The lowest BCUT2D eigenvalue weighted by Gasteiger charge is -2.26. The molecule has 0 spiro atoms. The van der Waals surface area contributed by atoms with E-state index in [0.29, 0.717) is 14.9 Å². The van der Waals surface area contributed by atoms with Crippen molar-refractivity contribution in [3.8, 4) is 0 Å². The summed E-state index contributed by atoms with van der Waals surface area (Å²) in [5, 5.41) is 0. The Morgan fingerprint density at radius 2 is 2.32 bits per heavy atom. The van der Waals surface area contributed by atoms with Crippen LogP contribution in [0.25, 0.3) is 0 Å². The quantitative estimate of drug-likeness (QED) is 0.699. The summed E-state index contributed by atoms with van der Waals surface area (Å²) >= 11 is 6.86. The number of carbonyl (C=O) groups is 1. The normalized spacial score (nSPS) is 20.6. The molecule has 2 atom stereocenters. The van der Waals surface area contributed by atoms with Gasteiger partial charge in [-0.1, -0.05) is 22.9 Å². The first-order valence-corrected chi connectivity index (χ1v) is 8.10. The van der Waals surface area contributed by atoms with Crippen molar-refractivity contribution in [3.05, 3.63) is 34.1 Å². The molecule has 1 heterocycles. The van der Waals surface area contributed by atoms with Crippen LogP contribution in [0, 0.1) is 5.82 Å². The van der Waals surface area contributed by atoms with E-state index < -0.39 is 0 Å². The Labute approximate surface area is 129 Å². The van der Waals surface area contributed by atoms with E-state index in [2.05, 4.69) is 38.8 Å². The average Bonchev–Trinajstić information content (AvgIpc) is 2.78. The lowest BCUT2D eigenvalue weighted by molar-refractivity contribution is 0.0730. The van der Waals surface area contributed by atoms with Crippen LogP contribution in [0.2, 0.25) is 0 Å². The van der Waals surface area contributed by atoms with Crippen LogP contribution in [-0.2, 0) is 0 Å². The highest BCUT2D eigenvalue weighted by Crippen LogP contribution is 2.28. The zero-order valence-corrected chi connectivity index (χ0v) is 13.9. The summed E-state index contributed by atoms with van der Waals surface area (Å²) in [4.78, 5) is 14.8. The monoisotopic (exact) mass is 391 g/mol. The smallest absolute Gasteiger partial charge is 0.255 e. The summed E-state index contributed by atoms with van der Waals surface area (Å²) in [7, 11) is 0. The number of benzene rings is 1. The van der Waals surface area contributed by atoms with E-state index in [1.807, 2.05) is 4.90 Å². The van der Waals surface area contributed by atoms with E-state index >= 15 is 0 Å². The van der Waals surface area contributed by atoms with Crippen LogP contribution in [-0.4, -0.2) is 28.2 Å². The summed E-state index contributed by atoms with van der Waals surface area (Å²) in [5.74, 6) is -0.460. The molecule has 1 fully saturated rings. The lowest BCUT2D eigenvalue weighted by Crippen LogP contribution is -2.36. The van der Waals surface area contributed by atoms with Gasteiger partial charge in [0.25, 0.3) is 5.91 Å². The highest BCUT2D eigenvalue weighted by atomic mass is 79.9. The highest BCUT2D eigenvalue weighted by molar-refractivity contribution is 9.10. The first kappa shape index (κ1) is 15.0. The van der Waals surface area contributed by atoms with Crippen LogP contribution in [0.1, 0.15) is 36.5 Å². The Morgan fingerprint density at radius 1 is 1.58 bits per heavy atom. The minimum Gasteiger partial charge on any atom is -0.336 e. The number of likely N-dealkylation sites (tertiary alicyclic amines) is 1. The Hall–Kier alpha value is -0.420. The summed E-state index contributed by atoms with van der Waals surface area (Å²) < 4.78 is 14.0. The van der Waals surface area contributed by atoms with Crippen molar-refractivity contribution >= 4 is 37.8 Å². The number of carbonyl (C=O) groups excluding carboxylic acids is 1. The molecule has 2 rings (SSSR count). The molecule has 2 unspecified atom stereocenters. The maximum absolute atomic E-state index is 13.3. The van der Waals surface area contributed by atoms with E-state index in [4.69, 9.17) is 0 Å². The predicted octanol–water partition coefficient (Wildman–Crippen LogP) is 4.37. The molecule has 0 bridgehead atoms. The minimum absolute atomic E-state index is 0.0815. The first-order chi connectivity index (χ1) is 8.99. The second-order valence-electron chi connectivity index (χ2n) is 4.94. The van der Waals surface area contributed by atoms with E-state index in [1.165, 1.54) is 12.1 Å². The predicted molar refractivity (Wildman–Crippen MR) is 81.2 cm³/mol. The Morgan fingerprint density at radius 3 is 3.00 bits per heavy atom. The third kappa shape index (κ3) is 3.57. The van der Waals surface area contributed by atoms with Crippen LogP contribution in [0.15, 0.2) is 22.7 Å². The van der Waals surface area contributed by atoms with Crippen molar-refractivity contribution in [2.75, 3.05) is 6.54 Å². The first-order valence-electron chi connectivity index (χ1n) is 6.39. The van der Waals surface area contributed by atoms with Crippen LogP contribution in [0.5, 0.6) is 0 Å². The van der Waals surface area contributed by atoms with Gasteiger partial charge in [0.1, 0.15) is 5.82 Å². The molecule has 0 aliphatic carbocycles. The molecular formula is C14H16Br2FNO. The average molecular weight is 393 g/mol. The number of hydrogen-bond acceptors (Lipinski definition) is 1. The maximum Gasteiger partial charge on any atom is 0.255 e. The van der Waals surface area contributed by atoms with Gasteiger partial charge in [-0.3, -0.25) is 4.79 Å². The van der Waals surface area contributed by atoms with Crippen molar-refractivity contribution in [2.45, 2.75) is 37.1 Å². The third-order valence-corrected chi connectivity index (χ3v) is 4.46. The second kappa shape index (κ2) is 6.35. The third-order valence-electron chi connectivity index (χ3n) is 3.39. The molecule has 1 aromatic carbocycles. The van der Waals surface area contributed by atoms with Gasteiger partial charge >= 0.3 is 0 Å². The highest BCUT2D eigenvalue weighted by Gasteiger charge is 2.30. The summed E-state index contributed by atoms with van der Waals surface area (Å²) in [6, 6.07) is 4.49. The van der Waals surface area contributed by atoms with Crippen LogP contribution in [0.3, 0.4) is 0 Å². The van der Waals surface area contributed by atoms with Gasteiger partial charge < -0.3 is 4.90 Å². The van der Waals surface area contributed by atoms with Crippen molar-refractivity contribution in [3.63, 3.8) is 0 Å². The van der Waals surface area contributed by atoms with E-state index in [0.717, 1.165) is 25.8 Å². The molecule has 0 saturated carbocycles. The molecule has 0 radical (unpaired) electrons. The number of rotatable bonds is 3. The molecule has 0 N–H and O–H groups in total. The topological polar surface area (TPSA) is 20.3 Å². The largest absolute Gasteiger partial charge is 0.336 e. The summed E-state index contributed by atoms with van der Waals surface area (Å²) in [5.41, 5.74) is 0.411. The molecule has 104 valence electrons. The molecule has 2 nitrogen and oxygen atoms in total. The number of nitrogens with zero attached hydrogens (tertiary/aromatic N) is 1. The van der Waals surface area contributed by atoms with Gasteiger partial charge in [0, 0.05) is 21.9 Å². The Kier molecular flexibility index (Phi) is 5.01. The molecule has 1 aliphatic rings. The molecule has 0 aromatic heterocycles. The van der Waals surface area contributed by atoms with E-state index in [-0.39, 0.29) is 17.8 Å². The van der Waals surface area contributed by atoms with Crippen molar-refractivity contribution in [1.29, 1.82) is 0 Å². The van der Waals surface area contributed by atoms with Gasteiger partial charge in [0.2, 0.25) is 0 Å². The zero-order chi connectivity index (χ0) is 14.0. The van der Waals surface area contributed by atoms with E-state index in [9.17, 15) is 9.18 Å². The van der Waals surface area contributed by atoms with Crippen molar-refractivity contribution in [1.82, 2.24) is 4.90 Å². The Bertz CT molecular complexity index is 479. The fourth-order valence-corrected chi connectivity index (χ4v) is 3.39. The van der Waals surface area contributed by atoms with Gasteiger partial charge in [-0.25, -0.2) is 4.39 Å².